The Morgan fingerprint density at radius 1 is 1.46 bits per heavy atom. The first-order valence-corrected chi connectivity index (χ1v) is 4.33. The Morgan fingerprint density at radius 2 is 2.08 bits per heavy atom. The van der Waals surface area contributed by atoms with E-state index in [-0.39, 0.29) is 0 Å². The molecule has 2 heteroatoms. The summed E-state index contributed by atoms with van der Waals surface area (Å²) in [7, 11) is 0. The molecule has 0 aliphatic carbocycles. The summed E-state index contributed by atoms with van der Waals surface area (Å²) in [4.78, 5) is 0. The number of hydrogen-bond donors (Lipinski definition) is 2. The van der Waals surface area contributed by atoms with E-state index < -0.39 is 0 Å². The van der Waals surface area contributed by atoms with Gasteiger partial charge in [0.25, 0.3) is 0 Å². The molecule has 0 bridgehead atoms. The van der Waals surface area contributed by atoms with E-state index in [1.54, 1.807) is 6.08 Å². The lowest BCUT2D eigenvalue weighted by Gasteiger charge is -2.04. The van der Waals surface area contributed by atoms with E-state index in [4.69, 9.17) is 5.41 Å². The molecule has 0 aliphatic heterocycles. The summed E-state index contributed by atoms with van der Waals surface area (Å²) in [5, 5.41) is 10.6. The molecule has 0 aliphatic rings. The Bertz CT molecular complexity index is 298. The maximum atomic E-state index is 7.62. The minimum atomic E-state index is 0.470. The van der Waals surface area contributed by atoms with Crippen LogP contribution in [-0.2, 0) is 0 Å². The van der Waals surface area contributed by atoms with E-state index in [1.807, 2.05) is 31.2 Å². The number of nitrogens with one attached hydrogen (secondary N) is 2. The lowest BCUT2D eigenvalue weighted by molar-refractivity contribution is 0.958. The smallest absolute Gasteiger partial charge is 0.125 e. The Labute approximate surface area is 78.8 Å². The van der Waals surface area contributed by atoms with Crippen molar-refractivity contribution in [3.05, 3.63) is 42.0 Å². The van der Waals surface area contributed by atoms with Crippen molar-refractivity contribution in [3.63, 3.8) is 0 Å². The molecule has 13 heavy (non-hydrogen) atoms. The number of hydrogen-bond acceptors (Lipinski definition) is 1. The van der Waals surface area contributed by atoms with E-state index in [9.17, 15) is 0 Å². The highest BCUT2D eigenvalue weighted by Gasteiger charge is 1.97. The summed E-state index contributed by atoms with van der Waals surface area (Å²) in [5.41, 5.74) is 1.99. The van der Waals surface area contributed by atoms with Crippen molar-refractivity contribution in [2.45, 2.75) is 6.92 Å². The fourth-order valence-corrected chi connectivity index (χ4v) is 1.06. The summed E-state index contributed by atoms with van der Waals surface area (Å²) in [6, 6.07) is 7.74. The van der Waals surface area contributed by atoms with Crippen molar-refractivity contribution in [1.29, 1.82) is 5.41 Å². The topological polar surface area (TPSA) is 35.9 Å². The summed E-state index contributed by atoms with van der Waals surface area (Å²) in [6.07, 6.45) is 1.79. The van der Waals surface area contributed by atoms with Gasteiger partial charge in [-0.3, -0.25) is 5.41 Å². The Hall–Kier alpha value is -1.57. The zero-order valence-electron chi connectivity index (χ0n) is 7.80. The Morgan fingerprint density at radius 3 is 2.54 bits per heavy atom. The van der Waals surface area contributed by atoms with Gasteiger partial charge in [-0.15, -0.1) is 0 Å². The molecule has 0 unspecified atom stereocenters. The summed E-state index contributed by atoms with van der Waals surface area (Å²) in [6.45, 7) is 6.43. The predicted molar refractivity (Wildman–Crippen MR) is 57.0 cm³/mol. The van der Waals surface area contributed by atoms with Crippen molar-refractivity contribution in [1.82, 2.24) is 5.32 Å². The van der Waals surface area contributed by atoms with Gasteiger partial charge in [0.1, 0.15) is 5.84 Å². The lowest BCUT2D eigenvalue weighted by atomic mass is 10.1. The third-order valence-corrected chi connectivity index (χ3v) is 1.79. The largest absolute Gasteiger partial charge is 0.370 e. The Kier molecular flexibility index (Phi) is 3.26. The molecule has 0 spiro atoms. The summed E-state index contributed by atoms with van der Waals surface area (Å²) < 4.78 is 0. The third-order valence-electron chi connectivity index (χ3n) is 1.79. The molecule has 1 aromatic carbocycles. The zero-order chi connectivity index (χ0) is 9.68. The van der Waals surface area contributed by atoms with Gasteiger partial charge >= 0.3 is 0 Å². The van der Waals surface area contributed by atoms with Gasteiger partial charge in [0, 0.05) is 12.1 Å². The normalized spacial score (nSPS) is 9.31. The quantitative estimate of drug-likeness (QED) is 0.535. The van der Waals surface area contributed by atoms with Gasteiger partial charge in [-0.1, -0.05) is 36.9 Å². The van der Waals surface area contributed by atoms with E-state index in [0.717, 1.165) is 17.7 Å². The first-order valence-electron chi connectivity index (χ1n) is 4.33. The van der Waals surface area contributed by atoms with Crippen LogP contribution >= 0.6 is 0 Å². The van der Waals surface area contributed by atoms with Crippen LogP contribution in [0.25, 0.3) is 6.08 Å². The van der Waals surface area contributed by atoms with Crippen LogP contribution in [0.1, 0.15) is 18.1 Å². The lowest BCUT2D eigenvalue weighted by Crippen LogP contribution is -2.22. The molecule has 1 aromatic rings. The monoisotopic (exact) mass is 174 g/mol. The first-order chi connectivity index (χ1) is 6.27. The van der Waals surface area contributed by atoms with Crippen LogP contribution in [-0.4, -0.2) is 12.4 Å². The van der Waals surface area contributed by atoms with Gasteiger partial charge in [0.2, 0.25) is 0 Å². The van der Waals surface area contributed by atoms with E-state index in [1.165, 1.54) is 0 Å². The van der Waals surface area contributed by atoms with Crippen molar-refractivity contribution in [3.8, 4) is 0 Å². The molecule has 0 aromatic heterocycles. The molecule has 0 heterocycles. The first kappa shape index (κ1) is 9.52. The molecule has 1 rings (SSSR count). The van der Waals surface area contributed by atoms with E-state index in [2.05, 4.69) is 11.9 Å². The van der Waals surface area contributed by atoms with Crippen molar-refractivity contribution in [2.24, 2.45) is 0 Å². The minimum absolute atomic E-state index is 0.470. The third kappa shape index (κ3) is 2.44. The SMILES string of the molecule is C=Cc1ccc(C(=N)NCC)cc1. The van der Waals surface area contributed by atoms with Crippen molar-refractivity contribution in [2.75, 3.05) is 6.54 Å². The molecular formula is C11H14N2. The van der Waals surface area contributed by atoms with Crippen LogP contribution < -0.4 is 5.32 Å². The van der Waals surface area contributed by atoms with Crippen LogP contribution in [0, 0.1) is 5.41 Å². The molecule has 0 saturated heterocycles. The zero-order valence-corrected chi connectivity index (χ0v) is 7.80. The standard InChI is InChI=1S/C11H14N2/c1-3-9-5-7-10(8-6-9)11(12)13-4-2/h3,5-8H,1,4H2,2H3,(H2,12,13). The number of rotatable bonds is 3. The summed E-state index contributed by atoms with van der Waals surface area (Å²) >= 11 is 0. The molecule has 0 radical (unpaired) electrons. The van der Waals surface area contributed by atoms with Crippen LogP contribution in [0.5, 0.6) is 0 Å². The van der Waals surface area contributed by atoms with Crippen LogP contribution in [0.4, 0.5) is 0 Å². The average molecular weight is 174 g/mol. The molecule has 0 amide bonds. The van der Waals surface area contributed by atoms with Gasteiger partial charge in [-0.25, -0.2) is 0 Å². The fourth-order valence-electron chi connectivity index (χ4n) is 1.06. The molecule has 68 valence electrons. The second kappa shape index (κ2) is 4.45. The van der Waals surface area contributed by atoms with E-state index in [0.29, 0.717) is 5.84 Å². The maximum absolute atomic E-state index is 7.62. The maximum Gasteiger partial charge on any atom is 0.125 e. The molecule has 0 fully saturated rings. The Balaban J connectivity index is 2.79. The van der Waals surface area contributed by atoms with E-state index >= 15 is 0 Å². The second-order valence-corrected chi connectivity index (χ2v) is 2.73. The van der Waals surface area contributed by atoms with Gasteiger partial charge < -0.3 is 5.32 Å². The van der Waals surface area contributed by atoms with Gasteiger partial charge in [-0.2, -0.15) is 0 Å². The molecule has 2 N–H and O–H groups in total. The summed E-state index contributed by atoms with van der Waals surface area (Å²) in [5.74, 6) is 0.470. The fraction of sp³-hybridized carbons (Fsp3) is 0.182. The minimum Gasteiger partial charge on any atom is -0.370 e. The molecular weight excluding hydrogens is 160 g/mol. The highest BCUT2D eigenvalue weighted by atomic mass is 14.9. The average Bonchev–Trinajstić information content (AvgIpc) is 2.18. The van der Waals surface area contributed by atoms with Crippen LogP contribution in [0.15, 0.2) is 30.8 Å². The van der Waals surface area contributed by atoms with Gasteiger partial charge in [0.15, 0.2) is 0 Å². The predicted octanol–water partition coefficient (Wildman–Crippen LogP) is 2.26. The second-order valence-electron chi connectivity index (χ2n) is 2.73. The molecule has 2 nitrogen and oxygen atoms in total. The van der Waals surface area contributed by atoms with Gasteiger partial charge in [-0.05, 0) is 12.5 Å². The highest BCUT2D eigenvalue weighted by molar-refractivity contribution is 5.96. The molecule has 0 saturated carbocycles. The van der Waals surface area contributed by atoms with Crippen molar-refractivity contribution >= 4 is 11.9 Å². The highest BCUT2D eigenvalue weighted by Crippen LogP contribution is 2.04. The van der Waals surface area contributed by atoms with Crippen LogP contribution in [0.2, 0.25) is 0 Å². The van der Waals surface area contributed by atoms with Crippen molar-refractivity contribution < 1.29 is 0 Å². The van der Waals surface area contributed by atoms with Gasteiger partial charge in [0.05, 0.1) is 0 Å². The number of amidine groups is 1. The number of benzene rings is 1. The molecule has 0 atom stereocenters. The van der Waals surface area contributed by atoms with Crippen LogP contribution in [0.3, 0.4) is 0 Å².